The molecule has 0 saturated heterocycles. The summed E-state index contributed by atoms with van der Waals surface area (Å²) in [4.78, 5) is 11.9. The average Bonchev–Trinajstić information content (AvgIpc) is 2.39. The molecule has 0 heterocycles. The van der Waals surface area contributed by atoms with Crippen LogP contribution in [0.15, 0.2) is 59.5 Å². The van der Waals surface area contributed by atoms with Gasteiger partial charge in [-0.05, 0) is 36.4 Å². The van der Waals surface area contributed by atoms with Crippen LogP contribution in [0.2, 0.25) is 0 Å². The van der Waals surface area contributed by atoms with Gasteiger partial charge in [-0.3, -0.25) is 0 Å². The molecule has 6 heteroatoms. The Balaban J connectivity index is 2.02. The number of carbonyl (C=O) groups excluding carboxylic acids is 1. The van der Waals surface area contributed by atoms with Crippen molar-refractivity contribution in [3.8, 4) is 0 Å². The zero-order chi connectivity index (χ0) is 14.6. The molecule has 0 aliphatic carbocycles. The first-order chi connectivity index (χ1) is 9.45. The second-order valence-corrected chi connectivity index (χ2v) is 6.26. The van der Waals surface area contributed by atoms with Crippen LogP contribution in [-0.2, 0) is 9.84 Å². The highest BCUT2D eigenvalue weighted by Gasteiger charge is 2.07. The van der Waals surface area contributed by atoms with Gasteiger partial charge in [0.2, 0.25) is 0 Å². The molecule has 2 rings (SSSR count). The Kier molecular flexibility index (Phi) is 4.05. The molecule has 0 saturated carbocycles. The number of anilines is 2. The van der Waals surface area contributed by atoms with E-state index in [1.165, 1.54) is 12.1 Å². The predicted molar refractivity (Wildman–Crippen MR) is 78.6 cm³/mol. The highest BCUT2D eigenvalue weighted by Crippen LogP contribution is 2.14. The number of hydrogen-bond acceptors (Lipinski definition) is 3. The first kappa shape index (κ1) is 14.1. The summed E-state index contributed by atoms with van der Waals surface area (Å²) in [6, 6.07) is 14.6. The van der Waals surface area contributed by atoms with E-state index in [4.69, 9.17) is 0 Å². The van der Waals surface area contributed by atoms with Gasteiger partial charge < -0.3 is 10.6 Å². The Hall–Kier alpha value is -2.34. The van der Waals surface area contributed by atoms with Crippen molar-refractivity contribution in [3.63, 3.8) is 0 Å². The molecule has 0 aliphatic rings. The zero-order valence-electron chi connectivity index (χ0n) is 10.8. The molecule has 2 aromatic carbocycles. The lowest BCUT2D eigenvalue weighted by atomic mass is 10.3. The van der Waals surface area contributed by atoms with E-state index in [0.29, 0.717) is 11.4 Å². The van der Waals surface area contributed by atoms with E-state index in [1.807, 2.05) is 18.2 Å². The van der Waals surface area contributed by atoms with Crippen LogP contribution >= 0.6 is 0 Å². The molecule has 0 spiro atoms. The van der Waals surface area contributed by atoms with Crippen molar-refractivity contribution in [1.82, 2.24) is 0 Å². The van der Waals surface area contributed by atoms with Crippen LogP contribution in [0.1, 0.15) is 0 Å². The fraction of sp³-hybridized carbons (Fsp3) is 0.0714. The number of nitrogens with one attached hydrogen (secondary N) is 2. The minimum Gasteiger partial charge on any atom is -0.308 e. The lowest BCUT2D eigenvalue weighted by Crippen LogP contribution is -2.19. The number of sulfone groups is 1. The molecule has 2 aromatic rings. The third-order valence-corrected chi connectivity index (χ3v) is 3.70. The first-order valence-electron chi connectivity index (χ1n) is 5.88. The number of carbonyl (C=O) groups is 1. The SMILES string of the molecule is CS(=O)(=O)c1ccc(NC(=O)Nc2ccccc2)cc1. The van der Waals surface area contributed by atoms with Gasteiger partial charge in [0, 0.05) is 17.6 Å². The number of urea groups is 1. The Morgan fingerprint density at radius 2 is 1.35 bits per heavy atom. The average molecular weight is 290 g/mol. The van der Waals surface area contributed by atoms with Crippen molar-refractivity contribution in [3.05, 3.63) is 54.6 Å². The third kappa shape index (κ3) is 3.83. The Morgan fingerprint density at radius 3 is 1.85 bits per heavy atom. The summed E-state index contributed by atoms with van der Waals surface area (Å²) in [6.45, 7) is 0. The van der Waals surface area contributed by atoms with Gasteiger partial charge in [0.1, 0.15) is 0 Å². The molecule has 104 valence electrons. The molecule has 5 nitrogen and oxygen atoms in total. The van der Waals surface area contributed by atoms with Crippen LogP contribution in [0.25, 0.3) is 0 Å². The Morgan fingerprint density at radius 1 is 0.850 bits per heavy atom. The van der Waals surface area contributed by atoms with Crippen LogP contribution in [-0.4, -0.2) is 20.7 Å². The molecular weight excluding hydrogens is 276 g/mol. The molecule has 0 radical (unpaired) electrons. The maximum Gasteiger partial charge on any atom is 0.323 e. The van der Waals surface area contributed by atoms with Crippen molar-refractivity contribution in [2.45, 2.75) is 4.90 Å². The van der Waals surface area contributed by atoms with Crippen LogP contribution < -0.4 is 10.6 Å². The fourth-order valence-corrected chi connectivity index (χ4v) is 2.23. The summed E-state index contributed by atoms with van der Waals surface area (Å²) in [5.74, 6) is 0. The molecule has 0 aliphatic heterocycles. The van der Waals surface area contributed by atoms with E-state index in [1.54, 1.807) is 24.3 Å². The minimum absolute atomic E-state index is 0.214. The van der Waals surface area contributed by atoms with Crippen LogP contribution in [0.5, 0.6) is 0 Å². The Labute approximate surface area is 117 Å². The smallest absolute Gasteiger partial charge is 0.308 e. The topological polar surface area (TPSA) is 75.3 Å². The largest absolute Gasteiger partial charge is 0.323 e. The van der Waals surface area contributed by atoms with Crippen molar-refractivity contribution in [2.75, 3.05) is 16.9 Å². The monoisotopic (exact) mass is 290 g/mol. The van der Waals surface area contributed by atoms with E-state index in [2.05, 4.69) is 10.6 Å². The van der Waals surface area contributed by atoms with E-state index in [0.717, 1.165) is 6.26 Å². The number of amides is 2. The summed E-state index contributed by atoms with van der Waals surface area (Å²) in [7, 11) is -3.22. The lowest BCUT2D eigenvalue weighted by molar-refractivity contribution is 0.262. The van der Waals surface area contributed by atoms with Gasteiger partial charge in [-0.25, -0.2) is 13.2 Å². The number of benzene rings is 2. The van der Waals surface area contributed by atoms with Gasteiger partial charge in [-0.2, -0.15) is 0 Å². The van der Waals surface area contributed by atoms with Gasteiger partial charge in [0.25, 0.3) is 0 Å². The van der Waals surface area contributed by atoms with Crippen molar-refractivity contribution >= 4 is 27.2 Å². The molecule has 0 bridgehead atoms. The van der Waals surface area contributed by atoms with Crippen molar-refractivity contribution in [1.29, 1.82) is 0 Å². The first-order valence-corrected chi connectivity index (χ1v) is 7.77. The highest BCUT2D eigenvalue weighted by molar-refractivity contribution is 7.90. The molecule has 2 amide bonds. The van der Waals surface area contributed by atoms with Gasteiger partial charge >= 0.3 is 6.03 Å². The normalized spacial score (nSPS) is 10.8. The standard InChI is InChI=1S/C14H14N2O3S/c1-20(18,19)13-9-7-12(8-10-13)16-14(17)15-11-5-3-2-4-6-11/h2-10H,1H3,(H2,15,16,17). The minimum atomic E-state index is -3.22. The maximum absolute atomic E-state index is 11.7. The van der Waals surface area contributed by atoms with Gasteiger partial charge in [-0.1, -0.05) is 18.2 Å². The number of rotatable bonds is 3. The number of para-hydroxylation sites is 1. The second kappa shape index (κ2) is 5.75. The summed E-state index contributed by atoms with van der Waals surface area (Å²) < 4.78 is 22.6. The fourth-order valence-electron chi connectivity index (χ4n) is 1.60. The predicted octanol–water partition coefficient (Wildman–Crippen LogP) is 2.73. The molecule has 2 N–H and O–H groups in total. The summed E-state index contributed by atoms with van der Waals surface area (Å²) in [6.07, 6.45) is 1.14. The Bertz CT molecular complexity index is 695. The molecule has 0 atom stereocenters. The third-order valence-electron chi connectivity index (χ3n) is 2.57. The lowest BCUT2D eigenvalue weighted by Gasteiger charge is -2.08. The van der Waals surface area contributed by atoms with Crippen molar-refractivity contribution < 1.29 is 13.2 Å². The summed E-state index contributed by atoms with van der Waals surface area (Å²) in [5, 5.41) is 5.29. The molecular formula is C14H14N2O3S. The zero-order valence-corrected chi connectivity index (χ0v) is 11.6. The van der Waals surface area contributed by atoms with Crippen molar-refractivity contribution in [2.24, 2.45) is 0 Å². The summed E-state index contributed by atoms with van der Waals surface area (Å²) >= 11 is 0. The molecule has 0 aromatic heterocycles. The molecule has 0 fully saturated rings. The van der Waals surface area contributed by atoms with Crippen LogP contribution in [0.3, 0.4) is 0 Å². The molecule has 0 unspecified atom stereocenters. The van der Waals surface area contributed by atoms with Gasteiger partial charge in [0.05, 0.1) is 4.90 Å². The number of hydrogen-bond donors (Lipinski definition) is 2. The summed E-state index contributed by atoms with van der Waals surface area (Å²) in [5.41, 5.74) is 1.20. The van der Waals surface area contributed by atoms with Gasteiger partial charge in [0.15, 0.2) is 9.84 Å². The van der Waals surface area contributed by atoms with E-state index in [-0.39, 0.29) is 10.9 Å². The van der Waals surface area contributed by atoms with Gasteiger partial charge in [-0.15, -0.1) is 0 Å². The van der Waals surface area contributed by atoms with E-state index >= 15 is 0 Å². The van der Waals surface area contributed by atoms with Crippen LogP contribution in [0, 0.1) is 0 Å². The maximum atomic E-state index is 11.7. The second-order valence-electron chi connectivity index (χ2n) is 4.24. The highest BCUT2D eigenvalue weighted by atomic mass is 32.2. The molecule has 20 heavy (non-hydrogen) atoms. The van der Waals surface area contributed by atoms with E-state index < -0.39 is 9.84 Å². The quantitative estimate of drug-likeness (QED) is 0.912. The van der Waals surface area contributed by atoms with Crippen LogP contribution in [0.4, 0.5) is 16.2 Å². The van der Waals surface area contributed by atoms with E-state index in [9.17, 15) is 13.2 Å².